The van der Waals surface area contributed by atoms with Gasteiger partial charge in [0, 0.05) is 6.54 Å². The van der Waals surface area contributed by atoms with Gasteiger partial charge in [-0.15, -0.1) is 0 Å². The van der Waals surface area contributed by atoms with E-state index in [0.717, 1.165) is 5.56 Å². The molecule has 2 rings (SSSR count). The maximum Gasteiger partial charge on any atom is 0.328 e. The molecular formula is C22H28N2O7S. The van der Waals surface area contributed by atoms with Crippen LogP contribution in [0.2, 0.25) is 0 Å². The van der Waals surface area contributed by atoms with E-state index in [-0.39, 0.29) is 24.7 Å². The number of hydrogen-bond acceptors (Lipinski definition) is 7. The van der Waals surface area contributed by atoms with Crippen LogP contribution in [-0.4, -0.2) is 53.2 Å². The molecule has 2 aromatic carbocycles. The van der Waals surface area contributed by atoms with Gasteiger partial charge in [-0.1, -0.05) is 12.1 Å². The third kappa shape index (κ3) is 7.86. The highest BCUT2D eigenvalue weighted by molar-refractivity contribution is 7.89. The van der Waals surface area contributed by atoms with Crippen LogP contribution in [0.5, 0.6) is 11.5 Å². The SMILES string of the molecule is CCOC(=O)[C@H](C)NC(=O)COc1cccc(CCNS(=O)(=O)c2ccc(OC)cc2)c1. The molecular weight excluding hydrogens is 436 g/mol. The Bertz CT molecular complexity index is 1010. The molecule has 2 aromatic rings. The fraction of sp³-hybridized carbons (Fsp3) is 0.364. The van der Waals surface area contributed by atoms with Crippen LogP contribution in [0.4, 0.5) is 0 Å². The van der Waals surface area contributed by atoms with E-state index in [1.165, 1.54) is 26.2 Å². The molecule has 0 aliphatic carbocycles. The molecule has 1 amide bonds. The number of ether oxygens (including phenoxy) is 3. The fourth-order valence-corrected chi connectivity index (χ4v) is 3.75. The topological polar surface area (TPSA) is 120 Å². The molecule has 0 aromatic heterocycles. The summed E-state index contributed by atoms with van der Waals surface area (Å²) in [7, 11) is -2.13. The van der Waals surface area contributed by atoms with Crippen molar-refractivity contribution in [1.82, 2.24) is 10.0 Å². The first kappa shape index (κ1) is 25.2. The zero-order chi connectivity index (χ0) is 23.6. The molecule has 1 atom stereocenters. The molecule has 0 saturated carbocycles. The van der Waals surface area contributed by atoms with E-state index in [1.807, 2.05) is 6.07 Å². The lowest BCUT2D eigenvalue weighted by Gasteiger charge is -2.13. The van der Waals surface area contributed by atoms with Crippen molar-refractivity contribution < 1.29 is 32.2 Å². The third-order valence-electron chi connectivity index (χ3n) is 4.36. The summed E-state index contributed by atoms with van der Waals surface area (Å²) in [5.74, 6) is 0.0624. The molecule has 9 nitrogen and oxygen atoms in total. The van der Waals surface area contributed by atoms with E-state index in [4.69, 9.17) is 14.2 Å². The van der Waals surface area contributed by atoms with Crippen molar-refractivity contribution in [1.29, 1.82) is 0 Å². The van der Waals surface area contributed by atoms with E-state index < -0.39 is 27.9 Å². The van der Waals surface area contributed by atoms with Crippen LogP contribution in [0.3, 0.4) is 0 Å². The van der Waals surface area contributed by atoms with Gasteiger partial charge in [-0.2, -0.15) is 0 Å². The molecule has 0 saturated heterocycles. The Kier molecular flexibility index (Phi) is 9.48. The number of esters is 1. The van der Waals surface area contributed by atoms with Crippen molar-refractivity contribution in [3.05, 3.63) is 54.1 Å². The third-order valence-corrected chi connectivity index (χ3v) is 5.84. The highest BCUT2D eigenvalue weighted by Crippen LogP contribution is 2.16. The molecule has 0 aliphatic heterocycles. The van der Waals surface area contributed by atoms with Gasteiger partial charge in [0.25, 0.3) is 5.91 Å². The van der Waals surface area contributed by atoms with Gasteiger partial charge in [0.05, 0.1) is 18.6 Å². The van der Waals surface area contributed by atoms with Crippen molar-refractivity contribution in [3.8, 4) is 11.5 Å². The monoisotopic (exact) mass is 464 g/mol. The lowest BCUT2D eigenvalue weighted by Crippen LogP contribution is -2.41. The minimum Gasteiger partial charge on any atom is -0.497 e. The van der Waals surface area contributed by atoms with Crippen molar-refractivity contribution >= 4 is 21.9 Å². The highest BCUT2D eigenvalue weighted by Gasteiger charge is 2.17. The molecule has 32 heavy (non-hydrogen) atoms. The molecule has 0 bridgehead atoms. The number of sulfonamides is 1. The summed E-state index contributed by atoms with van der Waals surface area (Å²) in [5.41, 5.74) is 0.834. The Morgan fingerprint density at radius 2 is 1.78 bits per heavy atom. The number of nitrogens with one attached hydrogen (secondary N) is 2. The second kappa shape index (κ2) is 12.1. The summed E-state index contributed by atoms with van der Waals surface area (Å²) in [6, 6.07) is 12.3. The summed E-state index contributed by atoms with van der Waals surface area (Å²) in [5, 5.41) is 2.50. The Morgan fingerprint density at radius 3 is 2.44 bits per heavy atom. The first-order chi connectivity index (χ1) is 15.2. The largest absolute Gasteiger partial charge is 0.497 e. The number of amides is 1. The Balaban J connectivity index is 1.83. The van der Waals surface area contributed by atoms with E-state index in [1.54, 1.807) is 37.3 Å². The van der Waals surface area contributed by atoms with Crippen molar-refractivity contribution in [2.45, 2.75) is 31.2 Å². The number of methoxy groups -OCH3 is 1. The molecule has 174 valence electrons. The van der Waals surface area contributed by atoms with Crippen molar-refractivity contribution in [2.75, 3.05) is 26.9 Å². The van der Waals surface area contributed by atoms with Crippen LogP contribution < -0.4 is 19.5 Å². The summed E-state index contributed by atoms with van der Waals surface area (Å²) >= 11 is 0. The first-order valence-corrected chi connectivity index (χ1v) is 11.5. The number of benzene rings is 2. The quantitative estimate of drug-likeness (QED) is 0.459. The Morgan fingerprint density at radius 1 is 1.06 bits per heavy atom. The van der Waals surface area contributed by atoms with Crippen LogP contribution >= 0.6 is 0 Å². The van der Waals surface area contributed by atoms with Gasteiger partial charge >= 0.3 is 5.97 Å². The van der Waals surface area contributed by atoms with Crippen LogP contribution in [0, 0.1) is 0 Å². The summed E-state index contributed by atoms with van der Waals surface area (Å²) in [4.78, 5) is 23.7. The van der Waals surface area contributed by atoms with Gasteiger partial charge < -0.3 is 19.5 Å². The van der Waals surface area contributed by atoms with Gasteiger partial charge in [0.15, 0.2) is 6.61 Å². The number of carbonyl (C=O) groups is 2. The first-order valence-electron chi connectivity index (χ1n) is 10.1. The lowest BCUT2D eigenvalue weighted by atomic mass is 10.1. The van der Waals surface area contributed by atoms with E-state index >= 15 is 0 Å². The van der Waals surface area contributed by atoms with Gasteiger partial charge in [-0.05, 0) is 62.2 Å². The summed E-state index contributed by atoms with van der Waals surface area (Å²) < 4.78 is 42.7. The maximum atomic E-state index is 12.4. The Hall–Kier alpha value is -3.11. The van der Waals surface area contributed by atoms with Crippen LogP contribution in [0.25, 0.3) is 0 Å². The molecule has 10 heteroatoms. The van der Waals surface area contributed by atoms with Crippen LogP contribution in [0.15, 0.2) is 53.4 Å². The van der Waals surface area contributed by atoms with E-state index in [0.29, 0.717) is 17.9 Å². The molecule has 0 unspecified atom stereocenters. The summed E-state index contributed by atoms with van der Waals surface area (Å²) in [6.45, 7) is 3.38. The zero-order valence-corrected chi connectivity index (χ0v) is 19.1. The van der Waals surface area contributed by atoms with Gasteiger partial charge in [0.2, 0.25) is 10.0 Å². The second-order valence-corrected chi connectivity index (χ2v) is 8.57. The minimum absolute atomic E-state index is 0.151. The molecule has 2 N–H and O–H groups in total. The molecule has 0 heterocycles. The predicted molar refractivity (Wildman–Crippen MR) is 118 cm³/mol. The van der Waals surface area contributed by atoms with E-state index in [2.05, 4.69) is 10.0 Å². The maximum absolute atomic E-state index is 12.4. The van der Waals surface area contributed by atoms with Crippen LogP contribution in [-0.2, 0) is 30.8 Å². The minimum atomic E-state index is -3.64. The van der Waals surface area contributed by atoms with E-state index in [9.17, 15) is 18.0 Å². The molecule has 0 fully saturated rings. The molecule has 0 aliphatic rings. The average Bonchev–Trinajstić information content (AvgIpc) is 2.78. The van der Waals surface area contributed by atoms with Gasteiger partial charge in [-0.25, -0.2) is 17.9 Å². The van der Waals surface area contributed by atoms with Crippen molar-refractivity contribution in [2.24, 2.45) is 0 Å². The average molecular weight is 465 g/mol. The fourth-order valence-electron chi connectivity index (χ4n) is 2.72. The number of carbonyl (C=O) groups excluding carboxylic acids is 2. The number of hydrogen-bond donors (Lipinski definition) is 2. The van der Waals surface area contributed by atoms with Gasteiger partial charge in [-0.3, -0.25) is 4.79 Å². The molecule has 0 radical (unpaired) electrons. The normalized spacial score (nSPS) is 12.0. The summed E-state index contributed by atoms with van der Waals surface area (Å²) in [6.07, 6.45) is 0.429. The standard InChI is InChI=1S/C22H28N2O7S/c1-4-30-22(26)16(2)24-21(25)15-31-19-7-5-6-17(14-19)12-13-23-32(27,28)20-10-8-18(29-3)9-11-20/h5-11,14,16,23H,4,12-13,15H2,1-3H3,(H,24,25)/t16-/m0/s1. The van der Waals surface area contributed by atoms with Crippen LogP contribution in [0.1, 0.15) is 19.4 Å². The number of rotatable bonds is 12. The molecule has 0 spiro atoms. The zero-order valence-electron chi connectivity index (χ0n) is 18.3. The van der Waals surface area contributed by atoms with Gasteiger partial charge in [0.1, 0.15) is 17.5 Å². The smallest absolute Gasteiger partial charge is 0.328 e. The second-order valence-electron chi connectivity index (χ2n) is 6.80. The van der Waals surface area contributed by atoms with Crippen molar-refractivity contribution in [3.63, 3.8) is 0 Å². The lowest BCUT2D eigenvalue weighted by molar-refractivity contribution is -0.147. The Labute approximate surface area is 188 Å². The predicted octanol–water partition coefficient (Wildman–Crippen LogP) is 1.66. The highest BCUT2D eigenvalue weighted by atomic mass is 32.2.